The third kappa shape index (κ3) is 4.92. The van der Waals surface area contributed by atoms with Gasteiger partial charge in [0.2, 0.25) is 0 Å². The predicted octanol–water partition coefficient (Wildman–Crippen LogP) is 5.12. The topological polar surface area (TPSA) is 49.4 Å². The van der Waals surface area contributed by atoms with Crippen LogP contribution in [0.25, 0.3) is 0 Å². The van der Waals surface area contributed by atoms with Crippen molar-refractivity contribution in [3.63, 3.8) is 0 Å². The lowest BCUT2D eigenvalue weighted by Gasteiger charge is -2.34. The average Bonchev–Trinajstić information content (AvgIpc) is 3.16. The van der Waals surface area contributed by atoms with Crippen LogP contribution in [0, 0.1) is 13.8 Å². The van der Waals surface area contributed by atoms with E-state index in [1.54, 1.807) is 18.4 Å². The van der Waals surface area contributed by atoms with Crippen molar-refractivity contribution in [2.45, 2.75) is 45.3 Å². The molecule has 2 heterocycles. The molecule has 0 amide bonds. The first kappa shape index (κ1) is 21.8. The third-order valence-electron chi connectivity index (χ3n) is 6.13. The minimum Gasteiger partial charge on any atom is -0.496 e. The Bertz CT molecular complexity index is 985. The molecule has 0 radical (unpaired) electrons. The van der Waals surface area contributed by atoms with E-state index >= 15 is 0 Å². The summed E-state index contributed by atoms with van der Waals surface area (Å²) in [6.45, 7) is 6.01. The number of benzene rings is 2. The van der Waals surface area contributed by atoms with Gasteiger partial charge in [0.25, 0.3) is 0 Å². The van der Waals surface area contributed by atoms with Gasteiger partial charge < -0.3 is 20.3 Å². The molecule has 2 N–H and O–H groups in total. The maximum Gasteiger partial charge on any atom is 0.190 e. The molecule has 1 aliphatic rings. The summed E-state index contributed by atoms with van der Waals surface area (Å²) in [6, 6.07) is 17.8. The molecule has 31 heavy (non-hydrogen) atoms. The zero-order valence-electron chi connectivity index (χ0n) is 18.8. The van der Waals surface area contributed by atoms with Crippen molar-refractivity contribution in [3.05, 3.63) is 70.2 Å². The normalized spacial score (nSPS) is 18.7. The number of hydrogen-bond donors (Lipinski definition) is 2. The van der Waals surface area contributed by atoms with Crippen LogP contribution >= 0.6 is 11.3 Å². The molecule has 0 saturated carbocycles. The molecule has 1 fully saturated rings. The Morgan fingerprint density at radius 3 is 2.71 bits per heavy atom. The van der Waals surface area contributed by atoms with Gasteiger partial charge in [0.15, 0.2) is 5.13 Å². The van der Waals surface area contributed by atoms with Gasteiger partial charge in [0, 0.05) is 41.8 Å². The highest BCUT2D eigenvalue weighted by molar-refractivity contribution is 7.15. The average molecular weight is 437 g/mol. The lowest BCUT2D eigenvalue weighted by Crippen LogP contribution is -2.45. The standard InChI is InChI=1S/C25H32N4OS/c1-17-18(2)31-25(28-17)29(3)21-12-13-23(30-4)20(15-21)16-27-22-11-8-14-26-24(22)19-9-6-5-7-10-19/h5-7,9-10,12-13,15,22,24,26-27H,8,11,14,16H2,1-4H3/t22-,24+/m0/s1. The van der Waals surface area contributed by atoms with Crippen molar-refractivity contribution in [1.29, 1.82) is 0 Å². The van der Waals surface area contributed by atoms with Crippen LogP contribution in [0.5, 0.6) is 5.75 Å². The fourth-order valence-electron chi connectivity index (χ4n) is 4.18. The monoisotopic (exact) mass is 436 g/mol. The van der Waals surface area contributed by atoms with Crippen molar-refractivity contribution < 1.29 is 4.74 Å². The van der Waals surface area contributed by atoms with E-state index in [1.165, 1.54) is 16.9 Å². The maximum atomic E-state index is 5.67. The smallest absolute Gasteiger partial charge is 0.190 e. The third-order valence-corrected chi connectivity index (χ3v) is 7.28. The lowest BCUT2D eigenvalue weighted by molar-refractivity contribution is 0.303. The van der Waals surface area contributed by atoms with E-state index in [2.05, 4.69) is 85.0 Å². The second kappa shape index (κ2) is 9.81. The zero-order chi connectivity index (χ0) is 21.8. The van der Waals surface area contributed by atoms with Crippen LogP contribution < -0.4 is 20.3 Å². The van der Waals surface area contributed by atoms with Crippen molar-refractivity contribution in [3.8, 4) is 5.75 Å². The Morgan fingerprint density at radius 1 is 1.19 bits per heavy atom. The van der Waals surface area contributed by atoms with Crippen LogP contribution in [0.3, 0.4) is 0 Å². The molecule has 0 aliphatic carbocycles. The summed E-state index contributed by atoms with van der Waals surface area (Å²) in [5, 5.41) is 8.52. The van der Waals surface area contributed by atoms with E-state index in [1.807, 2.05) is 0 Å². The highest BCUT2D eigenvalue weighted by atomic mass is 32.1. The molecule has 1 aromatic heterocycles. The van der Waals surface area contributed by atoms with Crippen molar-refractivity contribution >= 4 is 22.2 Å². The van der Waals surface area contributed by atoms with Gasteiger partial charge in [-0.3, -0.25) is 0 Å². The minimum absolute atomic E-state index is 0.327. The number of thiazole rings is 1. The van der Waals surface area contributed by atoms with Gasteiger partial charge in [0.05, 0.1) is 12.8 Å². The molecular formula is C25H32N4OS. The van der Waals surface area contributed by atoms with Crippen LogP contribution in [0.1, 0.15) is 40.6 Å². The number of methoxy groups -OCH3 is 1. The first-order chi connectivity index (χ1) is 15.1. The molecule has 2 atom stereocenters. The number of aromatic nitrogens is 1. The molecule has 3 aromatic rings. The molecular weight excluding hydrogens is 404 g/mol. The Morgan fingerprint density at radius 2 is 2.00 bits per heavy atom. The first-order valence-corrected chi connectivity index (χ1v) is 11.7. The molecule has 2 aromatic carbocycles. The summed E-state index contributed by atoms with van der Waals surface area (Å²) in [5.41, 5.74) is 4.72. The Hall–Kier alpha value is -2.41. The van der Waals surface area contributed by atoms with E-state index < -0.39 is 0 Å². The molecule has 1 aliphatic heterocycles. The van der Waals surface area contributed by atoms with Crippen LogP contribution in [-0.2, 0) is 6.54 Å². The SMILES string of the molecule is COc1ccc(N(C)c2nc(C)c(C)s2)cc1CN[C@H]1CCCN[C@@H]1c1ccccc1. The van der Waals surface area contributed by atoms with Gasteiger partial charge in [-0.25, -0.2) is 4.98 Å². The van der Waals surface area contributed by atoms with Gasteiger partial charge in [0.1, 0.15) is 5.75 Å². The largest absolute Gasteiger partial charge is 0.496 e. The highest BCUT2D eigenvalue weighted by Crippen LogP contribution is 2.33. The zero-order valence-corrected chi connectivity index (χ0v) is 19.6. The van der Waals surface area contributed by atoms with Crippen molar-refractivity contribution in [2.24, 2.45) is 0 Å². The summed E-state index contributed by atoms with van der Waals surface area (Å²) >= 11 is 1.73. The number of aryl methyl sites for hydroxylation is 2. The fraction of sp³-hybridized carbons (Fsp3) is 0.400. The van der Waals surface area contributed by atoms with Crippen LogP contribution in [0.4, 0.5) is 10.8 Å². The van der Waals surface area contributed by atoms with Gasteiger partial charge in [-0.2, -0.15) is 0 Å². The summed E-state index contributed by atoms with van der Waals surface area (Å²) in [7, 11) is 3.82. The number of nitrogens with zero attached hydrogens (tertiary/aromatic N) is 2. The summed E-state index contributed by atoms with van der Waals surface area (Å²) in [6.07, 6.45) is 2.34. The molecule has 5 nitrogen and oxygen atoms in total. The maximum absolute atomic E-state index is 5.67. The molecule has 6 heteroatoms. The van der Waals surface area contributed by atoms with Crippen LogP contribution in [0.2, 0.25) is 0 Å². The van der Waals surface area contributed by atoms with E-state index in [0.717, 1.165) is 47.3 Å². The number of piperidine rings is 1. The van der Waals surface area contributed by atoms with E-state index in [9.17, 15) is 0 Å². The van der Waals surface area contributed by atoms with E-state index in [-0.39, 0.29) is 0 Å². The quantitative estimate of drug-likeness (QED) is 0.538. The number of hydrogen-bond acceptors (Lipinski definition) is 6. The van der Waals surface area contributed by atoms with Gasteiger partial charge >= 0.3 is 0 Å². The Kier molecular flexibility index (Phi) is 6.90. The first-order valence-electron chi connectivity index (χ1n) is 10.9. The molecule has 4 rings (SSSR count). The van der Waals surface area contributed by atoms with E-state index in [4.69, 9.17) is 9.72 Å². The minimum atomic E-state index is 0.327. The van der Waals surface area contributed by atoms with Crippen molar-refractivity contribution in [2.75, 3.05) is 25.6 Å². The highest BCUT2D eigenvalue weighted by Gasteiger charge is 2.26. The number of anilines is 2. The lowest BCUT2D eigenvalue weighted by atomic mass is 9.92. The summed E-state index contributed by atoms with van der Waals surface area (Å²) < 4.78 is 5.67. The van der Waals surface area contributed by atoms with Crippen LogP contribution in [0.15, 0.2) is 48.5 Å². The van der Waals surface area contributed by atoms with Gasteiger partial charge in [-0.05, 0) is 57.0 Å². The molecule has 0 spiro atoms. The molecule has 0 unspecified atom stereocenters. The Balaban J connectivity index is 1.52. The second-order valence-electron chi connectivity index (χ2n) is 8.17. The van der Waals surface area contributed by atoms with Gasteiger partial charge in [-0.15, -0.1) is 11.3 Å². The fourth-order valence-corrected chi connectivity index (χ4v) is 5.07. The van der Waals surface area contributed by atoms with Crippen LogP contribution in [-0.4, -0.2) is 31.7 Å². The molecule has 164 valence electrons. The summed E-state index contributed by atoms with van der Waals surface area (Å²) in [5.74, 6) is 0.913. The Labute approximate surface area is 189 Å². The van der Waals surface area contributed by atoms with Crippen molar-refractivity contribution in [1.82, 2.24) is 15.6 Å². The van der Waals surface area contributed by atoms with E-state index in [0.29, 0.717) is 12.1 Å². The van der Waals surface area contributed by atoms with Gasteiger partial charge in [-0.1, -0.05) is 30.3 Å². The number of nitrogens with one attached hydrogen (secondary N) is 2. The second-order valence-corrected chi connectivity index (χ2v) is 9.35. The molecule has 0 bridgehead atoms. The molecule has 1 saturated heterocycles. The summed E-state index contributed by atoms with van der Waals surface area (Å²) in [4.78, 5) is 8.12. The number of rotatable bonds is 7. The number of ether oxygens (including phenoxy) is 1. The predicted molar refractivity (Wildman–Crippen MR) is 130 cm³/mol.